The summed E-state index contributed by atoms with van der Waals surface area (Å²) in [5.41, 5.74) is -1.38. The molecule has 0 saturated heterocycles. The highest BCUT2D eigenvalue weighted by Gasteiger charge is 2.52. The van der Waals surface area contributed by atoms with Crippen LogP contribution in [0.2, 0.25) is 0 Å². The predicted octanol–water partition coefficient (Wildman–Crippen LogP) is 0.283. The van der Waals surface area contributed by atoms with Gasteiger partial charge in [-0.1, -0.05) is 0 Å². The van der Waals surface area contributed by atoms with Gasteiger partial charge in [0.1, 0.15) is 5.54 Å². The molecule has 0 aromatic heterocycles. The molecule has 56 valence electrons. The molecule has 2 N–H and O–H groups in total. The van der Waals surface area contributed by atoms with Gasteiger partial charge in [-0.3, -0.25) is 4.79 Å². The lowest BCUT2D eigenvalue weighted by molar-refractivity contribution is -0.132. The number of hydrogen-bond donors (Lipinski definition) is 2. The summed E-state index contributed by atoms with van der Waals surface area (Å²) in [6.07, 6.45) is -0.813. The van der Waals surface area contributed by atoms with Gasteiger partial charge in [0, 0.05) is 0 Å². The third-order valence-electron chi connectivity index (χ3n) is 1.47. The number of rotatable bonds is 2. The molecule has 0 bridgehead atoms. The summed E-state index contributed by atoms with van der Waals surface area (Å²) in [6.45, 7) is 0. The monoisotopic (exact) mass is 147 g/mol. The molecule has 0 heterocycles. The molecule has 10 heavy (non-hydrogen) atoms. The van der Waals surface area contributed by atoms with Crippen LogP contribution in [0, 0.1) is 0 Å². The van der Waals surface area contributed by atoms with Crippen molar-refractivity contribution >= 4 is 12.1 Å². The van der Waals surface area contributed by atoms with Crippen molar-refractivity contribution in [1.29, 1.82) is 0 Å². The molecule has 0 atom stereocenters. The highest BCUT2D eigenvalue weighted by molar-refractivity contribution is 5.87. The van der Waals surface area contributed by atoms with Gasteiger partial charge in [-0.05, 0) is 12.8 Å². The molecule has 1 amide bonds. The van der Waals surface area contributed by atoms with Crippen LogP contribution < -0.4 is 5.32 Å². The molecule has 1 saturated carbocycles. The van der Waals surface area contributed by atoms with Gasteiger partial charge >= 0.3 is 12.1 Å². The van der Waals surface area contributed by atoms with E-state index in [-0.39, 0.29) is 12.8 Å². The van der Waals surface area contributed by atoms with Crippen LogP contribution in [0.1, 0.15) is 12.8 Å². The summed E-state index contributed by atoms with van der Waals surface area (Å²) in [5.74, 6) is 0. The summed E-state index contributed by atoms with van der Waals surface area (Å²) in [6, 6.07) is -1.59. The molecule has 0 radical (unpaired) electrons. The van der Waals surface area contributed by atoms with Crippen molar-refractivity contribution in [3.63, 3.8) is 0 Å². The van der Waals surface area contributed by atoms with Crippen LogP contribution in [0.15, 0.2) is 0 Å². The maximum atomic E-state index is 11.9. The number of carboxylic acid groups (broad SMARTS) is 1. The minimum Gasteiger partial charge on any atom is -0.465 e. The van der Waals surface area contributed by atoms with Crippen LogP contribution in [0.25, 0.3) is 0 Å². The Morgan fingerprint density at radius 3 is 2.10 bits per heavy atom. The average Bonchev–Trinajstić information content (AvgIpc) is 2.46. The van der Waals surface area contributed by atoms with E-state index >= 15 is 0 Å². The number of hydrogen-bond acceptors (Lipinski definition) is 2. The SMILES string of the molecule is O=C(O)NC1(C(=O)F)CC1. The Kier molecular flexibility index (Phi) is 1.35. The van der Waals surface area contributed by atoms with Crippen molar-refractivity contribution in [2.75, 3.05) is 0 Å². The molecule has 1 rings (SSSR count). The third kappa shape index (κ3) is 1.07. The molecule has 1 aliphatic rings. The molecule has 5 heteroatoms. The summed E-state index contributed by atoms with van der Waals surface area (Å²) in [5, 5.41) is 9.93. The quantitative estimate of drug-likeness (QED) is 0.551. The van der Waals surface area contributed by atoms with Crippen LogP contribution in [0.4, 0.5) is 9.18 Å². The number of carbonyl (C=O) groups excluding carboxylic acids is 1. The second-order valence-corrected chi connectivity index (χ2v) is 2.29. The highest BCUT2D eigenvalue weighted by atomic mass is 19.1. The van der Waals surface area contributed by atoms with E-state index in [1.165, 1.54) is 0 Å². The molecule has 1 aliphatic carbocycles. The van der Waals surface area contributed by atoms with Crippen molar-refractivity contribution in [3.05, 3.63) is 0 Å². The van der Waals surface area contributed by atoms with Crippen LogP contribution in [-0.4, -0.2) is 22.8 Å². The van der Waals surface area contributed by atoms with E-state index in [4.69, 9.17) is 5.11 Å². The minimum absolute atomic E-state index is 0.272. The van der Waals surface area contributed by atoms with Gasteiger partial charge < -0.3 is 10.4 Å². The van der Waals surface area contributed by atoms with E-state index in [0.29, 0.717) is 0 Å². The van der Waals surface area contributed by atoms with Gasteiger partial charge in [0.15, 0.2) is 0 Å². The Morgan fingerprint density at radius 2 is 2.00 bits per heavy atom. The van der Waals surface area contributed by atoms with Gasteiger partial charge in [-0.2, -0.15) is 4.39 Å². The first-order valence-electron chi connectivity index (χ1n) is 2.78. The second-order valence-electron chi connectivity index (χ2n) is 2.29. The van der Waals surface area contributed by atoms with E-state index in [1.54, 1.807) is 0 Å². The Morgan fingerprint density at radius 1 is 1.50 bits per heavy atom. The number of halogens is 1. The Balaban J connectivity index is 2.53. The molecule has 0 aromatic carbocycles. The smallest absolute Gasteiger partial charge is 0.405 e. The van der Waals surface area contributed by atoms with Crippen LogP contribution in [0.3, 0.4) is 0 Å². The lowest BCUT2D eigenvalue weighted by atomic mass is 10.3. The molecular weight excluding hydrogens is 141 g/mol. The molecule has 4 nitrogen and oxygen atoms in total. The zero-order valence-corrected chi connectivity index (χ0v) is 5.06. The lowest BCUT2D eigenvalue weighted by Gasteiger charge is -2.06. The topological polar surface area (TPSA) is 66.4 Å². The third-order valence-corrected chi connectivity index (χ3v) is 1.47. The molecule has 1 fully saturated rings. The zero-order valence-electron chi connectivity index (χ0n) is 5.06. The first-order valence-corrected chi connectivity index (χ1v) is 2.78. The molecule has 0 unspecified atom stereocenters. The number of nitrogens with one attached hydrogen (secondary N) is 1. The number of amides is 1. The maximum absolute atomic E-state index is 11.9. The van der Waals surface area contributed by atoms with Gasteiger partial charge in [0.05, 0.1) is 0 Å². The van der Waals surface area contributed by atoms with Gasteiger partial charge in [-0.15, -0.1) is 0 Å². The van der Waals surface area contributed by atoms with Crippen LogP contribution in [-0.2, 0) is 4.79 Å². The van der Waals surface area contributed by atoms with E-state index in [2.05, 4.69) is 0 Å². The van der Waals surface area contributed by atoms with Crippen LogP contribution >= 0.6 is 0 Å². The molecular formula is C5H6FNO3. The van der Waals surface area contributed by atoms with Crippen molar-refractivity contribution in [2.24, 2.45) is 0 Å². The molecule has 0 aliphatic heterocycles. The van der Waals surface area contributed by atoms with Gasteiger partial charge in [0.2, 0.25) is 0 Å². The summed E-state index contributed by atoms with van der Waals surface area (Å²) in [4.78, 5) is 20.0. The minimum atomic E-state index is -1.59. The van der Waals surface area contributed by atoms with Crippen molar-refractivity contribution < 1.29 is 19.1 Å². The highest BCUT2D eigenvalue weighted by Crippen LogP contribution is 2.36. The lowest BCUT2D eigenvalue weighted by Crippen LogP contribution is -2.40. The number of carbonyl (C=O) groups is 2. The van der Waals surface area contributed by atoms with Crippen LogP contribution in [0.5, 0.6) is 0 Å². The standard InChI is InChI=1S/C5H6FNO3/c6-3(8)5(1-2-5)7-4(9)10/h7H,1-2H2,(H,9,10). The van der Waals surface area contributed by atoms with Crippen molar-refractivity contribution in [1.82, 2.24) is 5.32 Å². The van der Waals surface area contributed by atoms with Crippen molar-refractivity contribution in [2.45, 2.75) is 18.4 Å². The van der Waals surface area contributed by atoms with E-state index in [1.807, 2.05) is 5.32 Å². The summed E-state index contributed by atoms with van der Waals surface area (Å²) >= 11 is 0. The fraction of sp³-hybridized carbons (Fsp3) is 0.600. The Labute approximate surface area is 56.0 Å². The predicted molar refractivity (Wildman–Crippen MR) is 29.2 cm³/mol. The average molecular weight is 147 g/mol. The van der Waals surface area contributed by atoms with E-state index in [9.17, 15) is 14.0 Å². The van der Waals surface area contributed by atoms with Gasteiger partial charge in [-0.25, -0.2) is 4.79 Å². The summed E-state index contributed by atoms with van der Waals surface area (Å²) in [7, 11) is 0. The normalized spacial score (nSPS) is 19.7. The first kappa shape index (κ1) is 6.98. The van der Waals surface area contributed by atoms with Crippen molar-refractivity contribution in [3.8, 4) is 0 Å². The van der Waals surface area contributed by atoms with E-state index in [0.717, 1.165) is 0 Å². The fourth-order valence-corrected chi connectivity index (χ4v) is 0.700. The van der Waals surface area contributed by atoms with E-state index < -0.39 is 17.7 Å². The maximum Gasteiger partial charge on any atom is 0.405 e. The largest absolute Gasteiger partial charge is 0.465 e. The Hall–Kier alpha value is -1.13. The summed E-state index contributed by atoms with van der Waals surface area (Å²) < 4.78 is 11.9. The Bertz CT molecular complexity index is 187. The molecule has 0 aromatic rings. The fourth-order valence-electron chi connectivity index (χ4n) is 0.700. The molecule has 0 spiro atoms. The second kappa shape index (κ2) is 1.93. The first-order chi connectivity index (χ1) is 4.57. The zero-order chi connectivity index (χ0) is 7.78. The van der Waals surface area contributed by atoms with Gasteiger partial charge in [0.25, 0.3) is 0 Å².